The van der Waals surface area contributed by atoms with Gasteiger partial charge in [0.25, 0.3) is 0 Å². The molecule has 3 rings (SSSR count). The normalized spacial score (nSPS) is 18.6. The molecule has 2 unspecified atom stereocenters. The molecule has 20 heavy (non-hydrogen) atoms. The fourth-order valence-electron chi connectivity index (χ4n) is 2.78. The maximum Gasteiger partial charge on any atom is 0.123 e. The Labute approximate surface area is 124 Å². The van der Waals surface area contributed by atoms with E-state index >= 15 is 0 Å². The van der Waals surface area contributed by atoms with Gasteiger partial charge in [0.2, 0.25) is 0 Å². The number of aryl methyl sites for hydroxylation is 1. The lowest BCUT2D eigenvalue weighted by atomic mass is 10.0. The summed E-state index contributed by atoms with van der Waals surface area (Å²) >= 11 is 1.90. The van der Waals surface area contributed by atoms with Gasteiger partial charge in [0.1, 0.15) is 11.9 Å². The Bertz CT molecular complexity index is 553. The van der Waals surface area contributed by atoms with Crippen LogP contribution in [0.1, 0.15) is 35.2 Å². The molecule has 1 aromatic heterocycles. The average molecular weight is 287 g/mol. The molecule has 1 aromatic carbocycles. The highest BCUT2D eigenvalue weighted by Crippen LogP contribution is 2.36. The number of hydrogen-bond acceptors (Lipinski definition) is 3. The molecule has 1 N–H and O–H groups in total. The molecule has 1 aliphatic heterocycles. The fourth-order valence-corrected chi connectivity index (χ4v) is 3.86. The molecule has 0 amide bonds. The first-order valence-corrected chi connectivity index (χ1v) is 8.20. The van der Waals surface area contributed by atoms with Gasteiger partial charge in [0, 0.05) is 16.2 Å². The maximum atomic E-state index is 6.16. The first-order valence-electron chi connectivity index (χ1n) is 7.38. The molecule has 0 saturated carbocycles. The molecule has 0 fully saturated rings. The van der Waals surface area contributed by atoms with Gasteiger partial charge in [0.05, 0.1) is 6.04 Å². The fraction of sp³-hybridized carbons (Fsp3) is 0.412. The summed E-state index contributed by atoms with van der Waals surface area (Å²) in [6.07, 6.45) is 2.30. The molecule has 2 nitrogen and oxygen atoms in total. The van der Waals surface area contributed by atoms with Crippen molar-refractivity contribution in [3.63, 3.8) is 0 Å². The van der Waals surface area contributed by atoms with Crippen molar-refractivity contribution in [2.75, 3.05) is 6.54 Å². The van der Waals surface area contributed by atoms with E-state index in [1.807, 2.05) is 17.4 Å². The first kappa shape index (κ1) is 13.7. The predicted octanol–water partition coefficient (Wildman–Crippen LogP) is 3.96. The number of ether oxygens (including phenoxy) is 1. The van der Waals surface area contributed by atoms with Crippen LogP contribution in [0.2, 0.25) is 0 Å². The van der Waals surface area contributed by atoms with Gasteiger partial charge >= 0.3 is 0 Å². The molecule has 3 heteroatoms. The van der Waals surface area contributed by atoms with Crippen molar-refractivity contribution in [1.29, 1.82) is 0 Å². The first-order chi connectivity index (χ1) is 9.81. The van der Waals surface area contributed by atoms with Crippen molar-refractivity contribution in [2.24, 2.45) is 0 Å². The number of fused-ring (bicyclic) bond motifs is 1. The minimum Gasteiger partial charge on any atom is -0.488 e. The Morgan fingerprint density at radius 2 is 2.10 bits per heavy atom. The van der Waals surface area contributed by atoms with E-state index < -0.39 is 0 Å². The molecule has 0 spiro atoms. The third kappa shape index (κ3) is 2.60. The van der Waals surface area contributed by atoms with Crippen LogP contribution in [0.15, 0.2) is 36.4 Å². The highest BCUT2D eigenvalue weighted by molar-refractivity contribution is 7.12. The molecule has 2 atom stereocenters. The quantitative estimate of drug-likeness (QED) is 0.898. The maximum absolute atomic E-state index is 6.16. The number of para-hydroxylation sites is 1. The van der Waals surface area contributed by atoms with Crippen molar-refractivity contribution in [3.05, 3.63) is 51.7 Å². The van der Waals surface area contributed by atoms with E-state index in [0.717, 1.165) is 25.1 Å². The Balaban J connectivity index is 1.82. The van der Waals surface area contributed by atoms with Crippen molar-refractivity contribution < 1.29 is 4.74 Å². The second-order valence-corrected chi connectivity index (χ2v) is 6.36. The summed E-state index contributed by atoms with van der Waals surface area (Å²) in [5, 5.41) is 3.60. The topological polar surface area (TPSA) is 21.3 Å². The number of likely N-dealkylation sites (N-methyl/N-ethyl adjacent to an activating group) is 1. The number of benzene rings is 1. The van der Waals surface area contributed by atoms with Crippen molar-refractivity contribution in [1.82, 2.24) is 5.32 Å². The molecule has 2 heterocycles. The van der Waals surface area contributed by atoms with Crippen LogP contribution in [0.4, 0.5) is 0 Å². The van der Waals surface area contributed by atoms with E-state index in [4.69, 9.17) is 4.74 Å². The van der Waals surface area contributed by atoms with Crippen LogP contribution in [0.3, 0.4) is 0 Å². The lowest BCUT2D eigenvalue weighted by Crippen LogP contribution is -2.34. The largest absolute Gasteiger partial charge is 0.488 e. The van der Waals surface area contributed by atoms with Crippen molar-refractivity contribution >= 4 is 11.3 Å². The third-order valence-electron chi connectivity index (χ3n) is 3.81. The van der Waals surface area contributed by atoms with E-state index in [0.29, 0.717) is 0 Å². The zero-order valence-corrected chi connectivity index (χ0v) is 12.9. The Kier molecular flexibility index (Phi) is 4.08. The van der Waals surface area contributed by atoms with Gasteiger partial charge in [-0.25, -0.2) is 0 Å². The van der Waals surface area contributed by atoms with E-state index in [1.54, 1.807) is 0 Å². The molecular formula is C17H21NOS. The van der Waals surface area contributed by atoms with Crippen molar-refractivity contribution in [3.8, 4) is 5.75 Å². The van der Waals surface area contributed by atoms with Crippen LogP contribution in [-0.2, 0) is 12.8 Å². The molecule has 0 radical (unpaired) electrons. The predicted molar refractivity (Wildman–Crippen MR) is 84.7 cm³/mol. The summed E-state index contributed by atoms with van der Waals surface area (Å²) in [5.74, 6) is 1.05. The molecular weight excluding hydrogens is 266 g/mol. The van der Waals surface area contributed by atoms with Crippen LogP contribution in [0.25, 0.3) is 0 Å². The zero-order valence-electron chi connectivity index (χ0n) is 12.1. The van der Waals surface area contributed by atoms with Crippen LogP contribution < -0.4 is 10.1 Å². The summed E-state index contributed by atoms with van der Waals surface area (Å²) in [5.41, 5.74) is 1.33. The second kappa shape index (κ2) is 5.98. The van der Waals surface area contributed by atoms with Gasteiger partial charge in [0.15, 0.2) is 0 Å². The van der Waals surface area contributed by atoms with Gasteiger partial charge in [-0.2, -0.15) is 0 Å². The smallest absolute Gasteiger partial charge is 0.123 e. The average Bonchev–Trinajstić information content (AvgIpc) is 3.10. The zero-order chi connectivity index (χ0) is 13.9. The molecule has 0 bridgehead atoms. The van der Waals surface area contributed by atoms with Gasteiger partial charge in [-0.1, -0.05) is 32.0 Å². The highest BCUT2D eigenvalue weighted by Gasteiger charge is 2.31. The molecule has 0 saturated heterocycles. The van der Waals surface area contributed by atoms with E-state index in [1.165, 1.54) is 15.3 Å². The molecule has 0 aliphatic carbocycles. The Morgan fingerprint density at radius 3 is 2.80 bits per heavy atom. The monoisotopic (exact) mass is 287 g/mol. The lowest BCUT2D eigenvalue weighted by Gasteiger charge is -2.23. The summed E-state index contributed by atoms with van der Waals surface area (Å²) in [4.78, 5) is 2.83. The van der Waals surface area contributed by atoms with Gasteiger partial charge in [-0.3, -0.25) is 0 Å². The van der Waals surface area contributed by atoms with Gasteiger partial charge in [-0.15, -0.1) is 11.3 Å². The summed E-state index contributed by atoms with van der Waals surface area (Å²) < 4.78 is 6.16. The summed E-state index contributed by atoms with van der Waals surface area (Å²) in [6.45, 7) is 5.32. The van der Waals surface area contributed by atoms with E-state index in [9.17, 15) is 0 Å². The SMILES string of the molecule is CCNC(c1ccc(CC)s1)C1Cc2ccccc2O1. The van der Waals surface area contributed by atoms with Gasteiger partial charge in [-0.05, 0) is 36.7 Å². The number of rotatable bonds is 5. The van der Waals surface area contributed by atoms with Gasteiger partial charge < -0.3 is 10.1 Å². The number of thiophene rings is 1. The van der Waals surface area contributed by atoms with Crippen LogP contribution in [0.5, 0.6) is 5.75 Å². The molecule has 2 aromatic rings. The number of nitrogens with one attached hydrogen (secondary N) is 1. The minimum absolute atomic E-state index is 0.204. The van der Waals surface area contributed by atoms with Crippen LogP contribution >= 0.6 is 11.3 Å². The van der Waals surface area contributed by atoms with E-state index in [2.05, 4.69) is 49.5 Å². The number of hydrogen-bond donors (Lipinski definition) is 1. The minimum atomic E-state index is 0.204. The van der Waals surface area contributed by atoms with E-state index in [-0.39, 0.29) is 12.1 Å². The van der Waals surface area contributed by atoms with Crippen LogP contribution in [-0.4, -0.2) is 12.6 Å². The second-order valence-electron chi connectivity index (χ2n) is 5.16. The van der Waals surface area contributed by atoms with Crippen molar-refractivity contribution in [2.45, 2.75) is 38.8 Å². The molecule has 1 aliphatic rings. The summed E-state index contributed by atoms with van der Waals surface area (Å²) in [7, 11) is 0. The van der Waals surface area contributed by atoms with Crippen LogP contribution in [0, 0.1) is 0 Å². The standard InChI is InChI=1S/C17H21NOS/c1-3-13-9-10-16(20-13)17(18-4-2)15-11-12-7-5-6-8-14(12)19-15/h5-10,15,17-18H,3-4,11H2,1-2H3. The summed E-state index contributed by atoms with van der Waals surface area (Å²) in [6, 6.07) is 13.2. The Morgan fingerprint density at radius 1 is 1.25 bits per heavy atom. The Hall–Kier alpha value is -1.32. The lowest BCUT2D eigenvalue weighted by molar-refractivity contribution is 0.181. The third-order valence-corrected chi connectivity index (χ3v) is 5.12. The molecule has 106 valence electrons. The highest BCUT2D eigenvalue weighted by atomic mass is 32.1.